The Morgan fingerprint density at radius 1 is 1.38 bits per heavy atom. The van der Waals surface area contributed by atoms with Crippen LogP contribution in [0.1, 0.15) is 18.0 Å². The van der Waals surface area contributed by atoms with Gasteiger partial charge in [-0.3, -0.25) is 4.79 Å². The molecular weight excluding hydrogens is 332 g/mol. The molecule has 120 valence electrons. The van der Waals surface area contributed by atoms with Crippen molar-refractivity contribution in [1.29, 1.82) is 5.26 Å². The van der Waals surface area contributed by atoms with Crippen LogP contribution in [0, 0.1) is 11.3 Å². The molecule has 3 aromatic rings. The summed E-state index contributed by atoms with van der Waals surface area (Å²) in [6.07, 6.45) is 1.85. The molecule has 0 aromatic carbocycles. The zero-order valence-electron chi connectivity index (χ0n) is 12.2. The highest BCUT2D eigenvalue weighted by atomic mass is 32.1. The van der Waals surface area contributed by atoms with Crippen molar-refractivity contribution in [3.8, 4) is 17.7 Å². The minimum atomic E-state index is -0.751. The number of furan rings is 1. The zero-order chi connectivity index (χ0) is 16.7. The average molecular weight is 342 g/mol. The fourth-order valence-corrected chi connectivity index (χ4v) is 3.56. The van der Waals surface area contributed by atoms with E-state index in [0.29, 0.717) is 29.3 Å². The van der Waals surface area contributed by atoms with Gasteiger partial charge in [0.25, 0.3) is 11.8 Å². The topological polar surface area (TPSA) is 105 Å². The molecule has 1 unspecified atom stereocenters. The smallest absolute Gasteiger partial charge is 0.438 e. The molecule has 0 saturated carbocycles. The van der Waals surface area contributed by atoms with Crippen LogP contribution in [0.25, 0.3) is 11.7 Å². The van der Waals surface area contributed by atoms with E-state index in [1.54, 1.807) is 23.6 Å². The van der Waals surface area contributed by atoms with Crippen molar-refractivity contribution in [2.45, 2.75) is 12.5 Å². The summed E-state index contributed by atoms with van der Waals surface area (Å²) < 4.78 is 11.3. The molecule has 1 amide bonds. The maximum Gasteiger partial charge on any atom is 0.438 e. The van der Waals surface area contributed by atoms with Crippen molar-refractivity contribution < 1.29 is 13.6 Å². The molecule has 4 rings (SSSR count). The van der Waals surface area contributed by atoms with E-state index in [9.17, 15) is 9.59 Å². The summed E-state index contributed by atoms with van der Waals surface area (Å²) in [5.74, 6) is -0.646. The molecule has 0 aliphatic carbocycles. The van der Waals surface area contributed by atoms with E-state index in [4.69, 9.17) is 14.1 Å². The molecule has 1 aliphatic heterocycles. The second-order valence-electron chi connectivity index (χ2n) is 5.14. The maximum atomic E-state index is 12.7. The van der Waals surface area contributed by atoms with Crippen LogP contribution in [0.15, 0.2) is 43.5 Å². The lowest BCUT2D eigenvalue weighted by atomic mass is 10.2. The molecule has 8 nitrogen and oxygen atoms in total. The Bertz CT molecular complexity index is 992. The third-order valence-corrected chi connectivity index (χ3v) is 4.72. The molecule has 1 saturated heterocycles. The van der Waals surface area contributed by atoms with E-state index in [0.717, 1.165) is 4.68 Å². The second kappa shape index (κ2) is 5.50. The van der Waals surface area contributed by atoms with Gasteiger partial charge in [-0.05, 0) is 30.0 Å². The summed E-state index contributed by atoms with van der Waals surface area (Å²) >= 11 is 1.32. The van der Waals surface area contributed by atoms with E-state index < -0.39 is 11.8 Å². The Morgan fingerprint density at radius 3 is 3.00 bits per heavy atom. The minimum Gasteiger partial charge on any atom is -0.459 e. The summed E-state index contributed by atoms with van der Waals surface area (Å²) in [6.45, 7) is 0.411. The van der Waals surface area contributed by atoms with Crippen LogP contribution in [0.4, 0.5) is 5.00 Å². The maximum absolute atomic E-state index is 12.7. The molecule has 4 heterocycles. The first-order chi connectivity index (χ1) is 11.7. The number of carbonyl (C=O) groups is 1. The average Bonchev–Trinajstić information content (AvgIpc) is 3.32. The third kappa shape index (κ3) is 2.16. The molecule has 3 aromatic heterocycles. The number of aromatic nitrogens is 2. The van der Waals surface area contributed by atoms with Gasteiger partial charge < -0.3 is 13.7 Å². The number of amides is 1. The van der Waals surface area contributed by atoms with Crippen LogP contribution in [0.3, 0.4) is 0 Å². The normalized spacial score (nSPS) is 17.4. The largest absolute Gasteiger partial charge is 0.459 e. The first-order valence-electron chi connectivity index (χ1n) is 7.11. The fourth-order valence-electron chi connectivity index (χ4n) is 2.67. The van der Waals surface area contributed by atoms with E-state index in [1.807, 2.05) is 0 Å². The molecule has 0 radical (unpaired) electrons. The monoisotopic (exact) mass is 342 g/mol. The number of rotatable bonds is 3. The van der Waals surface area contributed by atoms with Crippen LogP contribution in [0.2, 0.25) is 0 Å². The van der Waals surface area contributed by atoms with E-state index in [-0.39, 0.29) is 11.8 Å². The Hall–Kier alpha value is -3.12. The molecule has 9 heteroatoms. The van der Waals surface area contributed by atoms with Gasteiger partial charge in [-0.1, -0.05) is 0 Å². The number of hydrogen-bond donors (Lipinski definition) is 0. The molecular formula is C15H10N4O4S. The van der Waals surface area contributed by atoms with Gasteiger partial charge in [0.15, 0.2) is 5.76 Å². The quantitative estimate of drug-likeness (QED) is 0.721. The van der Waals surface area contributed by atoms with Gasteiger partial charge in [0.1, 0.15) is 17.1 Å². The number of thiophene rings is 1. The summed E-state index contributed by atoms with van der Waals surface area (Å²) in [5.41, 5.74) is 0.442. The number of hydrogen-bond acceptors (Lipinski definition) is 7. The first-order valence-corrected chi connectivity index (χ1v) is 7.99. The Kier molecular flexibility index (Phi) is 3.32. The van der Waals surface area contributed by atoms with Crippen LogP contribution in [-0.2, 0) is 4.79 Å². The number of anilines is 1. The summed E-state index contributed by atoms with van der Waals surface area (Å²) in [5, 5.41) is 15.5. The van der Waals surface area contributed by atoms with Crippen LogP contribution in [-0.4, -0.2) is 22.2 Å². The molecule has 1 atom stereocenters. The van der Waals surface area contributed by atoms with E-state index >= 15 is 0 Å². The van der Waals surface area contributed by atoms with Crippen LogP contribution in [0.5, 0.6) is 0 Å². The van der Waals surface area contributed by atoms with Gasteiger partial charge >= 0.3 is 5.76 Å². The predicted octanol–water partition coefficient (Wildman–Crippen LogP) is 2.01. The molecule has 0 bridgehead atoms. The summed E-state index contributed by atoms with van der Waals surface area (Å²) in [4.78, 5) is 26.3. The van der Waals surface area contributed by atoms with Gasteiger partial charge in [-0.15, -0.1) is 16.4 Å². The molecule has 0 spiro atoms. The number of nitriles is 1. The molecule has 0 N–H and O–H groups in total. The highest BCUT2D eigenvalue weighted by molar-refractivity contribution is 7.14. The van der Waals surface area contributed by atoms with Gasteiger partial charge in [0.05, 0.1) is 11.8 Å². The lowest BCUT2D eigenvalue weighted by molar-refractivity contribution is -0.120. The molecule has 1 fully saturated rings. The Balaban J connectivity index is 1.66. The zero-order valence-corrected chi connectivity index (χ0v) is 13.0. The van der Waals surface area contributed by atoms with Crippen molar-refractivity contribution in [1.82, 2.24) is 9.78 Å². The molecule has 1 aliphatic rings. The highest BCUT2D eigenvalue weighted by Gasteiger charge is 2.38. The fraction of sp³-hybridized carbons (Fsp3) is 0.200. The van der Waals surface area contributed by atoms with Crippen molar-refractivity contribution in [2.75, 3.05) is 11.4 Å². The highest BCUT2D eigenvalue weighted by Crippen LogP contribution is 2.34. The first kappa shape index (κ1) is 14.5. The van der Waals surface area contributed by atoms with E-state index in [1.165, 1.54) is 22.5 Å². The lowest BCUT2D eigenvalue weighted by Crippen LogP contribution is -2.31. The van der Waals surface area contributed by atoms with Crippen molar-refractivity contribution in [3.05, 3.63) is 46.0 Å². The number of nitrogens with zero attached hydrogens (tertiary/aromatic N) is 4. The van der Waals surface area contributed by atoms with Gasteiger partial charge in [0.2, 0.25) is 0 Å². The summed E-state index contributed by atoms with van der Waals surface area (Å²) in [7, 11) is 0. The second-order valence-corrected chi connectivity index (χ2v) is 6.04. The van der Waals surface area contributed by atoms with Gasteiger partial charge in [0, 0.05) is 6.54 Å². The molecule has 24 heavy (non-hydrogen) atoms. The predicted molar refractivity (Wildman–Crippen MR) is 83.5 cm³/mol. The minimum absolute atomic E-state index is 0.0325. The summed E-state index contributed by atoms with van der Waals surface area (Å²) in [6, 6.07) is 6.24. The SMILES string of the molecule is N#Cc1ccsc1N1CCC(n2nc(-c3ccco3)oc2=O)C1=O. The third-order valence-electron chi connectivity index (χ3n) is 3.78. The van der Waals surface area contributed by atoms with Crippen molar-refractivity contribution >= 4 is 22.2 Å². The lowest BCUT2D eigenvalue weighted by Gasteiger charge is -2.14. The Morgan fingerprint density at radius 2 is 2.25 bits per heavy atom. The van der Waals surface area contributed by atoms with Crippen LogP contribution < -0.4 is 10.7 Å². The number of carbonyl (C=O) groups excluding carboxylic acids is 1. The standard InChI is InChI=1S/C15H10N4O4S/c16-8-9-4-7-24-14(9)18-5-3-10(13(18)20)19-15(21)23-12(17-19)11-2-1-6-22-11/h1-2,4,6-7,10H,3,5H2. The van der Waals surface area contributed by atoms with E-state index in [2.05, 4.69) is 11.2 Å². The van der Waals surface area contributed by atoms with Crippen LogP contribution >= 0.6 is 11.3 Å². The Labute approximate surface area is 139 Å². The van der Waals surface area contributed by atoms with Crippen molar-refractivity contribution in [2.24, 2.45) is 0 Å². The van der Waals surface area contributed by atoms with Crippen molar-refractivity contribution in [3.63, 3.8) is 0 Å². The van der Waals surface area contributed by atoms with Gasteiger partial charge in [-0.25, -0.2) is 4.79 Å². The van der Waals surface area contributed by atoms with Gasteiger partial charge in [-0.2, -0.15) is 9.94 Å².